The molecule has 0 bridgehead atoms. The molecule has 0 amide bonds. The van der Waals surface area contributed by atoms with Crippen molar-refractivity contribution >= 4 is 5.65 Å². The number of ether oxygens (including phenoxy) is 2. The number of benzene rings is 1. The van der Waals surface area contributed by atoms with Crippen molar-refractivity contribution in [2.45, 2.75) is 20.3 Å². The third-order valence-electron chi connectivity index (χ3n) is 3.84. The number of fused-ring (bicyclic) bond motifs is 1. The third-order valence-corrected chi connectivity index (χ3v) is 3.84. The average molecular weight is 321 g/mol. The van der Waals surface area contributed by atoms with Crippen molar-refractivity contribution in [2.24, 2.45) is 0 Å². The predicted octanol–water partition coefficient (Wildman–Crippen LogP) is 3.51. The molecule has 0 saturated carbocycles. The summed E-state index contributed by atoms with van der Waals surface area (Å²) in [5, 5.41) is 9.53. The van der Waals surface area contributed by atoms with Crippen LogP contribution in [0.3, 0.4) is 0 Å². The molecule has 122 valence electrons. The van der Waals surface area contributed by atoms with Crippen LogP contribution in [-0.2, 0) is 6.42 Å². The van der Waals surface area contributed by atoms with Gasteiger partial charge in [0.1, 0.15) is 17.4 Å². The normalized spacial score (nSPS) is 10.6. The van der Waals surface area contributed by atoms with Crippen LogP contribution in [0.4, 0.5) is 0 Å². The number of imidazole rings is 1. The smallest absolute Gasteiger partial charge is 0.161 e. The molecule has 0 atom stereocenters. The van der Waals surface area contributed by atoms with E-state index in [-0.39, 0.29) is 0 Å². The number of rotatable bonds is 5. The summed E-state index contributed by atoms with van der Waals surface area (Å²) in [4.78, 5) is 4.60. The van der Waals surface area contributed by atoms with Crippen molar-refractivity contribution in [3.63, 3.8) is 0 Å². The molecule has 0 unspecified atom stereocenters. The lowest BCUT2D eigenvalue weighted by molar-refractivity contribution is 0.310. The predicted molar refractivity (Wildman–Crippen MR) is 91.6 cm³/mol. The number of aryl methyl sites for hydroxylation is 1. The number of methoxy groups -OCH3 is 1. The summed E-state index contributed by atoms with van der Waals surface area (Å²) >= 11 is 0. The van der Waals surface area contributed by atoms with Crippen LogP contribution in [0.1, 0.15) is 29.4 Å². The summed E-state index contributed by atoms with van der Waals surface area (Å²) < 4.78 is 12.8. The first-order valence-electron chi connectivity index (χ1n) is 7.83. The molecule has 1 aromatic carbocycles. The molecule has 0 aliphatic rings. The van der Waals surface area contributed by atoms with Crippen molar-refractivity contribution in [1.82, 2.24) is 9.38 Å². The first-order chi connectivity index (χ1) is 11.7. The van der Waals surface area contributed by atoms with Gasteiger partial charge in [0, 0.05) is 12.6 Å². The van der Waals surface area contributed by atoms with Gasteiger partial charge in [-0.15, -0.1) is 0 Å². The van der Waals surface area contributed by atoms with E-state index >= 15 is 0 Å². The van der Waals surface area contributed by atoms with Gasteiger partial charge in [-0.1, -0.05) is 12.1 Å². The largest absolute Gasteiger partial charge is 0.493 e. The van der Waals surface area contributed by atoms with E-state index in [9.17, 15) is 5.26 Å². The zero-order valence-electron chi connectivity index (χ0n) is 14.0. The van der Waals surface area contributed by atoms with E-state index in [0.29, 0.717) is 24.5 Å². The Labute approximate surface area is 141 Å². The van der Waals surface area contributed by atoms with Crippen molar-refractivity contribution in [3.05, 3.63) is 59.0 Å². The van der Waals surface area contributed by atoms with Gasteiger partial charge in [-0.05, 0) is 43.2 Å². The molecule has 5 nitrogen and oxygen atoms in total. The molecule has 3 rings (SSSR count). The molecule has 3 aromatic rings. The van der Waals surface area contributed by atoms with Gasteiger partial charge in [0.05, 0.1) is 19.4 Å². The van der Waals surface area contributed by atoms with Crippen LogP contribution in [0.5, 0.6) is 11.5 Å². The first kappa shape index (κ1) is 15.9. The SMILES string of the molecule is CCOc1ccc(Cc2nc3ccc(C)cn3c2C#N)cc1OC. The highest BCUT2D eigenvalue weighted by atomic mass is 16.5. The second-order valence-corrected chi connectivity index (χ2v) is 5.55. The van der Waals surface area contributed by atoms with Gasteiger partial charge in [0.25, 0.3) is 0 Å². The van der Waals surface area contributed by atoms with Gasteiger partial charge in [-0.25, -0.2) is 4.98 Å². The van der Waals surface area contributed by atoms with Crippen molar-refractivity contribution in [2.75, 3.05) is 13.7 Å². The monoisotopic (exact) mass is 321 g/mol. The van der Waals surface area contributed by atoms with E-state index in [0.717, 1.165) is 28.2 Å². The Kier molecular flexibility index (Phi) is 4.39. The van der Waals surface area contributed by atoms with Crippen LogP contribution in [0.2, 0.25) is 0 Å². The lowest BCUT2D eigenvalue weighted by Crippen LogP contribution is -1.98. The summed E-state index contributed by atoms with van der Waals surface area (Å²) in [6.07, 6.45) is 2.50. The zero-order chi connectivity index (χ0) is 17.1. The second kappa shape index (κ2) is 6.63. The Morgan fingerprint density at radius 1 is 1.21 bits per heavy atom. The topological polar surface area (TPSA) is 59.5 Å². The van der Waals surface area contributed by atoms with Gasteiger partial charge in [0.2, 0.25) is 0 Å². The van der Waals surface area contributed by atoms with Gasteiger partial charge in [0.15, 0.2) is 11.5 Å². The van der Waals surface area contributed by atoms with Crippen LogP contribution < -0.4 is 9.47 Å². The molecule has 0 saturated heterocycles. The third kappa shape index (κ3) is 2.91. The molecule has 0 fully saturated rings. The highest BCUT2D eigenvalue weighted by Crippen LogP contribution is 2.29. The van der Waals surface area contributed by atoms with Gasteiger partial charge in [-0.2, -0.15) is 5.26 Å². The number of aromatic nitrogens is 2. The van der Waals surface area contributed by atoms with Crippen molar-refractivity contribution in [3.8, 4) is 17.6 Å². The number of hydrogen-bond acceptors (Lipinski definition) is 4. The van der Waals surface area contributed by atoms with Crippen molar-refractivity contribution < 1.29 is 9.47 Å². The van der Waals surface area contributed by atoms with Crippen LogP contribution in [0.25, 0.3) is 5.65 Å². The molecule has 0 N–H and O–H groups in total. The van der Waals surface area contributed by atoms with E-state index in [1.807, 2.05) is 54.8 Å². The summed E-state index contributed by atoms with van der Waals surface area (Å²) in [5.74, 6) is 1.40. The maximum atomic E-state index is 9.53. The van der Waals surface area contributed by atoms with E-state index in [1.165, 1.54) is 0 Å². The zero-order valence-corrected chi connectivity index (χ0v) is 14.0. The van der Waals surface area contributed by atoms with Gasteiger partial charge >= 0.3 is 0 Å². The molecular weight excluding hydrogens is 302 g/mol. The number of nitriles is 1. The Hall–Kier alpha value is -3.00. The highest BCUT2D eigenvalue weighted by molar-refractivity contribution is 5.50. The molecule has 0 aliphatic carbocycles. The number of pyridine rings is 1. The van der Waals surface area contributed by atoms with E-state index in [4.69, 9.17) is 9.47 Å². The fourth-order valence-electron chi connectivity index (χ4n) is 2.73. The van der Waals surface area contributed by atoms with Gasteiger partial charge < -0.3 is 9.47 Å². The molecule has 24 heavy (non-hydrogen) atoms. The minimum absolute atomic E-state index is 0.562. The second-order valence-electron chi connectivity index (χ2n) is 5.55. The summed E-state index contributed by atoms with van der Waals surface area (Å²) in [6.45, 7) is 4.52. The number of hydrogen-bond donors (Lipinski definition) is 0. The molecule has 0 radical (unpaired) electrons. The Balaban J connectivity index is 1.99. The minimum Gasteiger partial charge on any atom is -0.493 e. The molecular formula is C19H19N3O2. The average Bonchev–Trinajstić information content (AvgIpc) is 2.92. The molecule has 0 spiro atoms. The summed E-state index contributed by atoms with van der Waals surface area (Å²) in [6, 6.07) is 12.0. The van der Waals surface area contributed by atoms with Crippen LogP contribution >= 0.6 is 0 Å². The molecule has 5 heteroatoms. The highest BCUT2D eigenvalue weighted by Gasteiger charge is 2.14. The standard InChI is InChI=1S/C19H19N3O2/c1-4-24-17-7-6-14(10-18(17)23-3)9-15-16(11-20)22-12-13(2)5-8-19(22)21-15/h5-8,10,12H,4,9H2,1-3H3. The molecule has 2 heterocycles. The van der Waals surface area contributed by atoms with Gasteiger partial charge in [-0.3, -0.25) is 4.40 Å². The Bertz CT molecular complexity index is 922. The quantitative estimate of drug-likeness (QED) is 0.721. The van der Waals surface area contributed by atoms with E-state index in [2.05, 4.69) is 11.1 Å². The fourth-order valence-corrected chi connectivity index (χ4v) is 2.73. The Morgan fingerprint density at radius 2 is 2.04 bits per heavy atom. The summed E-state index contributed by atoms with van der Waals surface area (Å²) in [5.41, 5.74) is 4.22. The fraction of sp³-hybridized carbons (Fsp3) is 0.263. The van der Waals surface area contributed by atoms with Crippen LogP contribution in [0.15, 0.2) is 36.5 Å². The first-order valence-corrected chi connectivity index (χ1v) is 7.83. The van der Waals surface area contributed by atoms with E-state index in [1.54, 1.807) is 7.11 Å². The lowest BCUT2D eigenvalue weighted by Gasteiger charge is -2.10. The van der Waals surface area contributed by atoms with Crippen molar-refractivity contribution in [1.29, 1.82) is 5.26 Å². The molecule has 0 aliphatic heterocycles. The van der Waals surface area contributed by atoms with Crippen LogP contribution in [0, 0.1) is 18.3 Å². The maximum Gasteiger partial charge on any atom is 0.161 e. The number of nitrogens with zero attached hydrogens (tertiary/aromatic N) is 3. The van der Waals surface area contributed by atoms with E-state index < -0.39 is 0 Å². The molecule has 2 aromatic heterocycles. The lowest BCUT2D eigenvalue weighted by atomic mass is 10.1. The summed E-state index contributed by atoms with van der Waals surface area (Å²) in [7, 11) is 1.62. The minimum atomic E-state index is 0.562. The van der Waals surface area contributed by atoms with Crippen LogP contribution in [-0.4, -0.2) is 23.1 Å². The Morgan fingerprint density at radius 3 is 2.75 bits per heavy atom. The maximum absolute atomic E-state index is 9.53.